The number of rotatable bonds is 9. The normalized spacial score (nSPS) is 27.5. The molecule has 2 fully saturated rings. The van der Waals surface area contributed by atoms with Crippen LogP contribution in [0.5, 0.6) is 0 Å². The van der Waals surface area contributed by atoms with E-state index < -0.39 is 37.9 Å². The van der Waals surface area contributed by atoms with Gasteiger partial charge in [-0.3, -0.25) is 0 Å². The second-order valence-corrected chi connectivity index (χ2v) is 9.31. The molecule has 2 saturated heterocycles. The molecule has 160 valence electrons. The van der Waals surface area contributed by atoms with Crippen molar-refractivity contribution in [3.8, 4) is 0 Å². The number of nitrogens with one attached hydrogen (secondary N) is 1. The summed E-state index contributed by atoms with van der Waals surface area (Å²) in [6.07, 6.45) is 7.18. The molecule has 3 heterocycles. The van der Waals surface area contributed by atoms with Crippen LogP contribution in [-0.2, 0) is 18.3 Å². The molecule has 2 aliphatic rings. The fourth-order valence-corrected chi connectivity index (χ4v) is 5.14. The van der Waals surface area contributed by atoms with Gasteiger partial charge in [-0.2, -0.15) is 0 Å². The zero-order valence-electron chi connectivity index (χ0n) is 16.5. The third-order valence-electron chi connectivity index (χ3n) is 5.15. The summed E-state index contributed by atoms with van der Waals surface area (Å²) in [6, 6.07) is 0. The Balaban J connectivity index is 1.51. The molecule has 3 atom stereocenters. The quantitative estimate of drug-likeness (QED) is 0.468. The van der Waals surface area contributed by atoms with Crippen molar-refractivity contribution in [2.45, 2.75) is 77.2 Å². The van der Waals surface area contributed by atoms with E-state index in [2.05, 4.69) is 11.9 Å². The molecule has 0 radical (unpaired) electrons. The molecule has 0 saturated carbocycles. The van der Waals surface area contributed by atoms with Crippen molar-refractivity contribution in [1.29, 1.82) is 0 Å². The standard InChI is InChI=1S/C18H31N2O7P/c1-3-4-5-6-7-8-9-24-28(23)25-12-15-14(27-28)10-16(26-15)20-11-13(2)17(21)19-18(20)22/h11,14-16,23,28H,3-10,12H2,1-2H3,(H,19,21,22)/t14-,15+,16+/m0/s1. The van der Waals surface area contributed by atoms with Gasteiger partial charge < -0.3 is 0 Å². The van der Waals surface area contributed by atoms with E-state index in [1.54, 1.807) is 6.92 Å². The van der Waals surface area contributed by atoms with Crippen LogP contribution in [0.25, 0.3) is 0 Å². The monoisotopic (exact) mass is 418 g/mol. The Morgan fingerprint density at radius 2 is 2.00 bits per heavy atom. The van der Waals surface area contributed by atoms with Crippen LogP contribution in [0.2, 0.25) is 0 Å². The zero-order valence-corrected chi connectivity index (χ0v) is 17.5. The van der Waals surface area contributed by atoms with Gasteiger partial charge in [0.05, 0.1) is 0 Å². The van der Waals surface area contributed by atoms with Gasteiger partial charge in [0.1, 0.15) is 0 Å². The number of hydrogen-bond acceptors (Lipinski definition) is 7. The first-order valence-corrected chi connectivity index (χ1v) is 11.7. The van der Waals surface area contributed by atoms with E-state index in [0.29, 0.717) is 18.6 Å². The van der Waals surface area contributed by atoms with E-state index in [1.165, 1.54) is 30.0 Å². The molecule has 28 heavy (non-hydrogen) atoms. The fraction of sp³-hybridized carbons (Fsp3) is 0.778. The van der Waals surface area contributed by atoms with Gasteiger partial charge in [-0.15, -0.1) is 0 Å². The van der Waals surface area contributed by atoms with Crippen molar-refractivity contribution in [3.05, 3.63) is 32.6 Å². The average Bonchev–Trinajstić information content (AvgIpc) is 3.06. The van der Waals surface area contributed by atoms with Crippen molar-refractivity contribution in [3.63, 3.8) is 0 Å². The summed E-state index contributed by atoms with van der Waals surface area (Å²) in [5.74, 6) is 0. The Labute approximate surface area is 164 Å². The molecule has 10 heteroatoms. The zero-order chi connectivity index (χ0) is 20.1. The Morgan fingerprint density at radius 3 is 2.79 bits per heavy atom. The summed E-state index contributed by atoms with van der Waals surface area (Å²) >= 11 is 0. The molecule has 0 aromatic carbocycles. The second kappa shape index (κ2) is 9.61. The molecule has 9 nitrogen and oxygen atoms in total. The van der Waals surface area contributed by atoms with Gasteiger partial charge in [-0.1, -0.05) is 0 Å². The maximum atomic E-state index is 12.1. The minimum absolute atomic E-state index is 0.150. The molecule has 0 aliphatic carbocycles. The van der Waals surface area contributed by atoms with E-state index in [-0.39, 0.29) is 6.61 Å². The van der Waals surface area contributed by atoms with E-state index in [4.69, 9.17) is 18.3 Å². The summed E-state index contributed by atoms with van der Waals surface area (Å²) in [5, 5.41) is 0. The molecule has 0 unspecified atom stereocenters. The minimum atomic E-state index is -3.69. The number of H-pyrrole nitrogens is 1. The topological polar surface area (TPSA) is 112 Å². The number of unbranched alkanes of at least 4 members (excludes halogenated alkanes) is 5. The van der Waals surface area contributed by atoms with Gasteiger partial charge in [-0.25, -0.2) is 0 Å². The first kappa shape index (κ1) is 21.6. The molecular weight excluding hydrogens is 387 g/mol. The number of aryl methyl sites for hydroxylation is 1. The van der Waals surface area contributed by atoms with Crippen molar-refractivity contribution < 1.29 is 23.2 Å². The number of fused-ring (bicyclic) bond motifs is 1. The number of hydrogen-bond donors (Lipinski definition) is 2. The first-order valence-electron chi connectivity index (χ1n) is 10.1. The van der Waals surface area contributed by atoms with Crippen LogP contribution < -0.4 is 11.2 Å². The number of aromatic amines is 1. The first-order chi connectivity index (χ1) is 13.4. The van der Waals surface area contributed by atoms with E-state index >= 15 is 0 Å². The summed E-state index contributed by atoms with van der Waals surface area (Å²) in [7, 11) is -3.69. The van der Waals surface area contributed by atoms with Crippen LogP contribution in [-0.4, -0.2) is 39.9 Å². The third kappa shape index (κ3) is 5.28. The SMILES string of the molecule is CCCCCCCCO[PH]1(O)OC[C@H]2O[C@@H](n3cc(C)c(=O)[nH]c3=O)C[C@@H]2O1. The molecule has 0 amide bonds. The molecule has 1 aromatic heterocycles. The van der Waals surface area contributed by atoms with Crippen molar-refractivity contribution in [2.75, 3.05) is 13.2 Å². The van der Waals surface area contributed by atoms with Crippen LogP contribution in [0.1, 0.15) is 63.7 Å². The number of nitrogens with zero attached hydrogens (tertiary/aromatic N) is 1. The van der Waals surface area contributed by atoms with Gasteiger partial charge in [-0.05, 0) is 0 Å². The van der Waals surface area contributed by atoms with Gasteiger partial charge >= 0.3 is 164 Å². The van der Waals surface area contributed by atoms with Gasteiger partial charge in [0.25, 0.3) is 0 Å². The summed E-state index contributed by atoms with van der Waals surface area (Å²) in [5.41, 5.74) is -0.531. The van der Waals surface area contributed by atoms with Crippen molar-refractivity contribution in [2.24, 2.45) is 0 Å². The molecule has 3 rings (SSSR count). The summed E-state index contributed by atoms with van der Waals surface area (Å²) in [6.45, 7) is 4.35. The second-order valence-electron chi connectivity index (χ2n) is 7.45. The maximum absolute atomic E-state index is 12.1. The summed E-state index contributed by atoms with van der Waals surface area (Å²) in [4.78, 5) is 36.4. The molecule has 0 bridgehead atoms. The van der Waals surface area contributed by atoms with Gasteiger partial charge in [0.15, 0.2) is 0 Å². The average molecular weight is 418 g/mol. The molecule has 2 aliphatic heterocycles. The Morgan fingerprint density at radius 1 is 1.25 bits per heavy atom. The van der Waals surface area contributed by atoms with Gasteiger partial charge in [0, 0.05) is 0 Å². The van der Waals surface area contributed by atoms with E-state index in [9.17, 15) is 14.5 Å². The van der Waals surface area contributed by atoms with Crippen LogP contribution in [0, 0.1) is 6.92 Å². The predicted octanol–water partition coefficient (Wildman–Crippen LogP) is 2.33. The van der Waals surface area contributed by atoms with Gasteiger partial charge in [0.2, 0.25) is 0 Å². The van der Waals surface area contributed by atoms with Crippen LogP contribution >= 0.6 is 8.17 Å². The fourth-order valence-electron chi connectivity index (χ4n) is 3.52. The Bertz CT molecular complexity index is 767. The number of aromatic nitrogens is 2. The Kier molecular flexibility index (Phi) is 7.42. The third-order valence-corrected chi connectivity index (χ3v) is 6.85. The Hall–Kier alpha value is -1.09. The molecule has 0 spiro atoms. The van der Waals surface area contributed by atoms with Crippen LogP contribution in [0.15, 0.2) is 15.8 Å². The van der Waals surface area contributed by atoms with E-state index in [0.717, 1.165) is 19.3 Å². The van der Waals surface area contributed by atoms with Crippen LogP contribution in [0.3, 0.4) is 0 Å². The van der Waals surface area contributed by atoms with Crippen molar-refractivity contribution >= 4 is 8.17 Å². The van der Waals surface area contributed by atoms with Crippen molar-refractivity contribution in [1.82, 2.24) is 9.55 Å². The molecule has 2 N–H and O–H groups in total. The molecular formula is C18H31N2O7P. The van der Waals surface area contributed by atoms with E-state index in [1.807, 2.05) is 0 Å². The molecule has 1 aromatic rings. The van der Waals surface area contributed by atoms with Crippen LogP contribution in [0.4, 0.5) is 0 Å². The predicted molar refractivity (Wildman–Crippen MR) is 105 cm³/mol. The number of ether oxygens (including phenoxy) is 1. The summed E-state index contributed by atoms with van der Waals surface area (Å²) < 4.78 is 23.9.